The third-order valence-corrected chi connectivity index (χ3v) is 3.80. The van der Waals surface area contributed by atoms with Gasteiger partial charge in [0.15, 0.2) is 0 Å². The van der Waals surface area contributed by atoms with E-state index < -0.39 is 0 Å². The van der Waals surface area contributed by atoms with Crippen LogP contribution in [-0.2, 0) is 0 Å². The normalized spacial score (nSPS) is 22.4. The first kappa shape index (κ1) is 14.3. The predicted octanol–water partition coefficient (Wildman–Crippen LogP) is 2.46. The minimum absolute atomic E-state index is 0.276. The molecule has 1 rings (SSSR count). The Kier molecular flexibility index (Phi) is 6.34. The van der Waals surface area contributed by atoms with Gasteiger partial charge in [-0.3, -0.25) is 0 Å². The van der Waals surface area contributed by atoms with E-state index in [0.717, 1.165) is 12.3 Å². The van der Waals surface area contributed by atoms with E-state index in [1.807, 2.05) is 0 Å². The number of nitrogens with zero attached hydrogens (tertiary/aromatic N) is 1. The number of nitrogens with one attached hydrogen (secondary N) is 1. The lowest BCUT2D eigenvalue weighted by atomic mass is 9.82. The molecule has 0 radical (unpaired) electrons. The summed E-state index contributed by atoms with van der Waals surface area (Å²) in [6.45, 7) is 4.34. The lowest BCUT2D eigenvalue weighted by Gasteiger charge is -2.32. The van der Waals surface area contributed by atoms with Gasteiger partial charge in [-0.25, -0.2) is 0 Å². The summed E-state index contributed by atoms with van der Waals surface area (Å²) in [4.78, 5) is 0. The molecule has 0 aliphatic heterocycles. The third-order valence-electron chi connectivity index (χ3n) is 3.80. The lowest BCUT2D eigenvalue weighted by molar-refractivity contribution is 0.249. The average molecular weight is 241 g/mol. The van der Waals surface area contributed by atoms with E-state index in [0.29, 0.717) is 18.3 Å². The SMILES string of the molecule is CCC(NC(C)CC(N)=NO)C1CCCCC1. The number of oxime groups is 1. The van der Waals surface area contributed by atoms with Crippen molar-refractivity contribution >= 4 is 5.84 Å². The number of hydrogen-bond acceptors (Lipinski definition) is 3. The van der Waals surface area contributed by atoms with Crippen molar-refractivity contribution in [2.24, 2.45) is 16.8 Å². The van der Waals surface area contributed by atoms with Crippen LogP contribution in [0.15, 0.2) is 5.16 Å². The van der Waals surface area contributed by atoms with Gasteiger partial charge in [0.25, 0.3) is 0 Å². The summed E-state index contributed by atoms with van der Waals surface area (Å²) in [6, 6.07) is 0.856. The van der Waals surface area contributed by atoms with Crippen molar-refractivity contribution in [3.63, 3.8) is 0 Å². The maximum Gasteiger partial charge on any atom is 0.140 e. The summed E-state index contributed by atoms with van der Waals surface area (Å²) in [5.41, 5.74) is 5.53. The van der Waals surface area contributed by atoms with E-state index in [2.05, 4.69) is 24.3 Å². The molecule has 0 amide bonds. The third kappa shape index (κ3) is 4.94. The monoisotopic (exact) mass is 241 g/mol. The molecular weight excluding hydrogens is 214 g/mol. The molecule has 0 saturated heterocycles. The van der Waals surface area contributed by atoms with Gasteiger partial charge in [0.2, 0.25) is 0 Å². The Hall–Kier alpha value is -0.770. The van der Waals surface area contributed by atoms with E-state index in [9.17, 15) is 0 Å². The quantitative estimate of drug-likeness (QED) is 0.289. The van der Waals surface area contributed by atoms with Gasteiger partial charge in [-0.2, -0.15) is 0 Å². The van der Waals surface area contributed by atoms with Crippen LogP contribution in [0.25, 0.3) is 0 Å². The molecule has 1 aliphatic rings. The average Bonchev–Trinajstić information content (AvgIpc) is 2.36. The van der Waals surface area contributed by atoms with Gasteiger partial charge in [0.05, 0.1) is 0 Å². The first-order chi connectivity index (χ1) is 8.17. The van der Waals surface area contributed by atoms with Gasteiger partial charge in [0.1, 0.15) is 5.84 Å². The Bertz CT molecular complexity index is 237. The Labute approximate surface area is 105 Å². The molecule has 4 N–H and O–H groups in total. The van der Waals surface area contributed by atoms with Crippen molar-refractivity contribution in [3.05, 3.63) is 0 Å². The van der Waals surface area contributed by atoms with Gasteiger partial charge in [-0.1, -0.05) is 31.3 Å². The zero-order valence-electron chi connectivity index (χ0n) is 11.2. The minimum atomic E-state index is 0.276. The van der Waals surface area contributed by atoms with Crippen LogP contribution in [0, 0.1) is 5.92 Å². The topological polar surface area (TPSA) is 70.6 Å². The maximum absolute atomic E-state index is 8.56. The fourth-order valence-corrected chi connectivity index (χ4v) is 2.90. The summed E-state index contributed by atoms with van der Waals surface area (Å²) in [6.07, 6.45) is 8.61. The molecule has 0 aromatic rings. The molecule has 4 nitrogen and oxygen atoms in total. The Morgan fingerprint density at radius 2 is 2.06 bits per heavy atom. The molecule has 0 heterocycles. The molecule has 0 bridgehead atoms. The Balaban J connectivity index is 2.39. The second kappa shape index (κ2) is 7.54. The first-order valence-electron chi connectivity index (χ1n) is 6.89. The minimum Gasteiger partial charge on any atom is -0.409 e. The molecule has 4 heteroatoms. The molecular formula is C13H27N3O. The van der Waals surface area contributed by atoms with Crippen LogP contribution in [0.4, 0.5) is 0 Å². The first-order valence-corrected chi connectivity index (χ1v) is 6.89. The fourth-order valence-electron chi connectivity index (χ4n) is 2.90. The summed E-state index contributed by atoms with van der Waals surface area (Å²) in [5, 5.41) is 15.2. The van der Waals surface area contributed by atoms with Gasteiger partial charge < -0.3 is 16.3 Å². The van der Waals surface area contributed by atoms with Crippen molar-refractivity contribution < 1.29 is 5.21 Å². The van der Waals surface area contributed by atoms with Crippen LogP contribution in [0.3, 0.4) is 0 Å². The Morgan fingerprint density at radius 3 is 2.59 bits per heavy atom. The maximum atomic E-state index is 8.56. The smallest absolute Gasteiger partial charge is 0.140 e. The summed E-state index contributed by atoms with van der Waals surface area (Å²) in [7, 11) is 0. The zero-order chi connectivity index (χ0) is 12.7. The van der Waals surface area contributed by atoms with E-state index in [1.165, 1.54) is 32.1 Å². The highest BCUT2D eigenvalue weighted by molar-refractivity contribution is 5.80. The van der Waals surface area contributed by atoms with Crippen molar-refractivity contribution in [2.75, 3.05) is 0 Å². The number of amidine groups is 1. The van der Waals surface area contributed by atoms with Gasteiger partial charge >= 0.3 is 0 Å². The molecule has 0 spiro atoms. The number of nitrogens with two attached hydrogens (primary N) is 1. The van der Waals surface area contributed by atoms with Crippen molar-refractivity contribution in [2.45, 2.75) is 70.9 Å². The summed E-state index contributed by atoms with van der Waals surface area (Å²) in [5.74, 6) is 1.12. The molecule has 100 valence electrons. The van der Waals surface area contributed by atoms with Crippen LogP contribution >= 0.6 is 0 Å². The fraction of sp³-hybridized carbons (Fsp3) is 0.923. The molecule has 2 atom stereocenters. The number of rotatable bonds is 6. The molecule has 2 unspecified atom stereocenters. The van der Waals surface area contributed by atoms with Crippen molar-refractivity contribution in [3.8, 4) is 0 Å². The van der Waals surface area contributed by atoms with Crippen molar-refractivity contribution in [1.29, 1.82) is 0 Å². The van der Waals surface area contributed by atoms with Crippen molar-refractivity contribution in [1.82, 2.24) is 5.32 Å². The van der Waals surface area contributed by atoms with Gasteiger partial charge in [-0.05, 0) is 32.1 Å². The van der Waals surface area contributed by atoms with Crippen LogP contribution in [-0.4, -0.2) is 23.1 Å². The highest BCUT2D eigenvalue weighted by atomic mass is 16.4. The largest absolute Gasteiger partial charge is 0.409 e. The van der Waals surface area contributed by atoms with Crippen LogP contribution in [0.2, 0.25) is 0 Å². The summed E-state index contributed by atoms with van der Waals surface area (Å²) >= 11 is 0. The standard InChI is InChI=1S/C13H27N3O/c1-3-12(11-7-5-4-6-8-11)15-10(2)9-13(14)16-17/h10-12,15,17H,3-9H2,1-2H3,(H2,14,16). The van der Waals surface area contributed by atoms with Gasteiger partial charge in [-0.15, -0.1) is 0 Å². The molecule has 1 fully saturated rings. The van der Waals surface area contributed by atoms with E-state index in [1.54, 1.807) is 0 Å². The lowest BCUT2D eigenvalue weighted by Crippen LogP contribution is -2.43. The molecule has 0 aromatic heterocycles. The summed E-state index contributed by atoms with van der Waals surface area (Å²) < 4.78 is 0. The molecule has 0 aromatic carbocycles. The van der Waals surface area contributed by atoms with Gasteiger partial charge in [0, 0.05) is 18.5 Å². The highest BCUT2D eigenvalue weighted by Gasteiger charge is 2.23. The van der Waals surface area contributed by atoms with Crippen LogP contribution in [0.5, 0.6) is 0 Å². The van der Waals surface area contributed by atoms with E-state index in [-0.39, 0.29) is 6.04 Å². The number of hydrogen-bond donors (Lipinski definition) is 3. The van der Waals surface area contributed by atoms with Crippen LogP contribution < -0.4 is 11.1 Å². The molecule has 1 aliphatic carbocycles. The highest BCUT2D eigenvalue weighted by Crippen LogP contribution is 2.28. The molecule has 17 heavy (non-hydrogen) atoms. The van der Waals surface area contributed by atoms with E-state index in [4.69, 9.17) is 10.9 Å². The Morgan fingerprint density at radius 1 is 1.41 bits per heavy atom. The van der Waals surface area contributed by atoms with E-state index >= 15 is 0 Å². The second-order valence-electron chi connectivity index (χ2n) is 5.28. The second-order valence-corrected chi connectivity index (χ2v) is 5.28. The van der Waals surface area contributed by atoms with Crippen LogP contribution in [0.1, 0.15) is 58.8 Å². The predicted molar refractivity (Wildman–Crippen MR) is 71.3 cm³/mol. The molecule has 1 saturated carbocycles. The zero-order valence-corrected chi connectivity index (χ0v) is 11.2.